The summed E-state index contributed by atoms with van der Waals surface area (Å²) in [4.78, 5) is 11.1. The molecule has 0 aliphatic carbocycles. The van der Waals surface area contributed by atoms with Crippen LogP contribution in [-0.2, 0) is 9.53 Å². The molecule has 0 aromatic rings. The Hall–Kier alpha value is -1.05. The molecule has 2 N–H and O–H groups in total. The van der Waals surface area contributed by atoms with Gasteiger partial charge in [0.2, 0.25) is 5.91 Å². The Morgan fingerprint density at radius 1 is 1.67 bits per heavy atom. The Balaban J connectivity index is 1.92. The molecule has 1 rings (SSSR count). The number of nitrogens with one attached hydrogen (secondary N) is 2. The van der Waals surface area contributed by atoms with Gasteiger partial charge >= 0.3 is 0 Å². The highest BCUT2D eigenvalue weighted by molar-refractivity contribution is 5.77. The summed E-state index contributed by atoms with van der Waals surface area (Å²) < 4.78 is 5.25. The smallest absolute Gasteiger partial charge is 0.246 e. The predicted molar refractivity (Wildman–Crippen MR) is 58.3 cm³/mol. The fraction of sp³-hybridized carbons (Fsp3) is 0.727. The van der Waals surface area contributed by atoms with Crippen LogP contribution in [0.25, 0.3) is 0 Å². The van der Waals surface area contributed by atoms with Gasteiger partial charge in [0.1, 0.15) is 6.61 Å². The zero-order valence-corrected chi connectivity index (χ0v) is 8.92. The van der Waals surface area contributed by atoms with E-state index >= 15 is 0 Å². The molecule has 1 atom stereocenters. The van der Waals surface area contributed by atoms with Gasteiger partial charge in [-0.15, -0.1) is 6.42 Å². The topological polar surface area (TPSA) is 50.4 Å². The lowest BCUT2D eigenvalue weighted by Crippen LogP contribution is -2.28. The van der Waals surface area contributed by atoms with E-state index in [1.54, 1.807) is 0 Å². The standard InChI is InChI=1S/C11H18N2O2/c1-2-5-13-11(14)9-15-7-4-10-3-6-12-8-10/h1,10,12H,3-9H2,(H,13,14). The molecule has 0 bridgehead atoms. The van der Waals surface area contributed by atoms with E-state index in [0.717, 1.165) is 19.5 Å². The molecule has 1 amide bonds. The molecule has 0 aromatic heterocycles. The van der Waals surface area contributed by atoms with Gasteiger partial charge in [-0.3, -0.25) is 4.79 Å². The third-order valence-electron chi connectivity index (χ3n) is 2.45. The van der Waals surface area contributed by atoms with Crippen molar-refractivity contribution in [1.29, 1.82) is 0 Å². The van der Waals surface area contributed by atoms with Gasteiger partial charge in [-0.1, -0.05) is 5.92 Å². The minimum absolute atomic E-state index is 0.113. The highest BCUT2D eigenvalue weighted by atomic mass is 16.5. The van der Waals surface area contributed by atoms with Gasteiger partial charge in [0.25, 0.3) is 0 Å². The van der Waals surface area contributed by atoms with Crippen molar-refractivity contribution in [2.75, 3.05) is 32.8 Å². The minimum Gasteiger partial charge on any atom is -0.372 e. The summed E-state index contributed by atoms with van der Waals surface area (Å²) in [5.74, 6) is 2.90. The molecule has 1 saturated heterocycles. The first-order valence-corrected chi connectivity index (χ1v) is 5.31. The highest BCUT2D eigenvalue weighted by Crippen LogP contribution is 2.11. The van der Waals surface area contributed by atoms with Gasteiger partial charge in [-0.25, -0.2) is 0 Å². The van der Waals surface area contributed by atoms with Crippen LogP contribution in [0.1, 0.15) is 12.8 Å². The van der Waals surface area contributed by atoms with Crippen LogP contribution in [-0.4, -0.2) is 38.8 Å². The van der Waals surface area contributed by atoms with E-state index < -0.39 is 0 Å². The van der Waals surface area contributed by atoms with Crippen LogP contribution in [0, 0.1) is 18.3 Å². The van der Waals surface area contributed by atoms with Gasteiger partial charge in [-0.05, 0) is 31.8 Å². The summed E-state index contributed by atoms with van der Waals surface area (Å²) in [5.41, 5.74) is 0. The van der Waals surface area contributed by atoms with Gasteiger partial charge in [-0.2, -0.15) is 0 Å². The second kappa shape index (κ2) is 7.27. The Labute approximate surface area is 90.8 Å². The average molecular weight is 210 g/mol. The first-order chi connectivity index (χ1) is 7.33. The van der Waals surface area contributed by atoms with Gasteiger partial charge in [0.15, 0.2) is 0 Å². The average Bonchev–Trinajstić information content (AvgIpc) is 2.74. The molecule has 4 heteroatoms. The van der Waals surface area contributed by atoms with Gasteiger partial charge in [0, 0.05) is 6.61 Å². The second-order valence-electron chi connectivity index (χ2n) is 3.68. The van der Waals surface area contributed by atoms with E-state index in [9.17, 15) is 4.79 Å². The maximum absolute atomic E-state index is 11.1. The first kappa shape index (κ1) is 12.0. The molecular formula is C11H18N2O2. The molecule has 1 heterocycles. The lowest BCUT2D eigenvalue weighted by Gasteiger charge is -2.08. The molecule has 0 spiro atoms. The normalized spacial score (nSPS) is 19.8. The largest absolute Gasteiger partial charge is 0.372 e. The monoisotopic (exact) mass is 210 g/mol. The van der Waals surface area contributed by atoms with Crippen LogP contribution in [0.5, 0.6) is 0 Å². The molecule has 1 aliphatic rings. The molecule has 4 nitrogen and oxygen atoms in total. The second-order valence-corrected chi connectivity index (χ2v) is 3.68. The van der Waals surface area contributed by atoms with Crippen molar-refractivity contribution in [3.8, 4) is 12.3 Å². The van der Waals surface area contributed by atoms with Gasteiger partial charge in [0.05, 0.1) is 6.54 Å². The van der Waals surface area contributed by atoms with Crippen molar-refractivity contribution >= 4 is 5.91 Å². The fourth-order valence-electron chi connectivity index (χ4n) is 1.58. The van der Waals surface area contributed by atoms with Crippen molar-refractivity contribution in [3.63, 3.8) is 0 Å². The number of terminal acetylenes is 1. The number of rotatable bonds is 6. The van der Waals surface area contributed by atoms with Gasteiger partial charge < -0.3 is 15.4 Å². The van der Waals surface area contributed by atoms with Crippen LogP contribution < -0.4 is 10.6 Å². The molecular weight excluding hydrogens is 192 g/mol. The van der Waals surface area contributed by atoms with Crippen LogP contribution in [0.3, 0.4) is 0 Å². The van der Waals surface area contributed by atoms with Crippen LogP contribution in [0.2, 0.25) is 0 Å². The quantitative estimate of drug-likeness (QED) is 0.469. The zero-order valence-electron chi connectivity index (χ0n) is 8.92. The Morgan fingerprint density at radius 2 is 2.53 bits per heavy atom. The Kier molecular flexibility index (Phi) is 5.83. The van der Waals surface area contributed by atoms with Crippen molar-refractivity contribution in [1.82, 2.24) is 10.6 Å². The van der Waals surface area contributed by atoms with E-state index in [1.165, 1.54) is 6.42 Å². The minimum atomic E-state index is -0.141. The summed E-state index contributed by atoms with van der Waals surface area (Å²) in [6.07, 6.45) is 7.24. The summed E-state index contributed by atoms with van der Waals surface area (Å²) in [6, 6.07) is 0. The van der Waals surface area contributed by atoms with Crippen molar-refractivity contribution in [2.45, 2.75) is 12.8 Å². The maximum atomic E-state index is 11.1. The van der Waals surface area contributed by atoms with E-state index in [4.69, 9.17) is 11.2 Å². The van der Waals surface area contributed by atoms with E-state index in [1.807, 2.05) is 0 Å². The van der Waals surface area contributed by atoms with Crippen molar-refractivity contribution in [2.24, 2.45) is 5.92 Å². The number of hydrogen-bond acceptors (Lipinski definition) is 3. The number of ether oxygens (including phenoxy) is 1. The summed E-state index contributed by atoms with van der Waals surface area (Å²) >= 11 is 0. The molecule has 1 unspecified atom stereocenters. The van der Waals surface area contributed by atoms with E-state index in [-0.39, 0.29) is 19.1 Å². The van der Waals surface area contributed by atoms with Crippen LogP contribution in [0.15, 0.2) is 0 Å². The Morgan fingerprint density at radius 3 is 3.20 bits per heavy atom. The molecule has 0 saturated carbocycles. The lowest BCUT2D eigenvalue weighted by molar-refractivity contribution is -0.125. The molecule has 0 radical (unpaired) electrons. The Bertz CT molecular complexity index is 229. The van der Waals surface area contributed by atoms with Crippen molar-refractivity contribution < 1.29 is 9.53 Å². The van der Waals surface area contributed by atoms with Crippen molar-refractivity contribution in [3.05, 3.63) is 0 Å². The summed E-state index contributed by atoms with van der Waals surface area (Å²) in [7, 11) is 0. The van der Waals surface area contributed by atoms with Crippen LogP contribution in [0.4, 0.5) is 0 Å². The number of carbonyl (C=O) groups is 1. The molecule has 1 fully saturated rings. The number of hydrogen-bond donors (Lipinski definition) is 2. The number of carbonyl (C=O) groups excluding carboxylic acids is 1. The zero-order chi connectivity index (χ0) is 10.9. The molecule has 0 aromatic carbocycles. The molecule has 84 valence electrons. The molecule has 1 aliphatic heterocycles. The summed E-state index contributed by atoms with van der Waals surface area (Å²) in [6.45, 7) is 3.21. The fourth-order valence-corrected chi connectivity index (χ4v) is 1.58. The third kappa shape index (κ3) is 5.40. The maximum Gasteiger partial charge on any atom is 0.246 e. The van der Waals surface area contributed by atoms with E-state index in [0.29, 0.717) is 12.5 Å². The summed E-state index contributed by atoms with van der Waals surface area (Å²) in [5, 5.41) is 5.84. The molecule has 15 heavy (non-hydrogen) atoms. The first-order valence-electron chi connectivity index (χ1n) is 5.31. The highest BCUT2D eigenvalue weighted by Gasteiger charge is 2.13. The SMILES string of the molecule is C#CCNC(=O)COCCC1CCNC1. The third-order valence-corrected chi connectivity index (χ3v) is 2.45. The van der Waals surface area contributed by atoms with Crippen LogP contribution >= 0.6 is 0 Å². The lowest BCUT2D eigenvalue weighted by atomic mass is 10.1. The predicted octanol–water partition coefficient (Wildman–Crippen LogP) is -0.248. The van der Waals surface area contributed by atoms with E-state index in [2.05, 4.69) is 16.6 Å². The number of amides is 1.